The normalized spacial score (nSPS) is 11.0. The average Bonchev–Trinajstić information content (AvgIpc) is 3.14. The van der Waals surface area contributed by atoms with E-state index in [-0.39, 0.29) is 0 Å². The third-order valence-electron chi connectivity index (χ3n) is 8.73. The summed E-state index contributed by atoms with van der Waals surface area (Å²) in [5.41, 5.74) is 14.1. The van der Waals surface area contributed by atoms with Crippen molar-refractivity contribution in [3.8, 4) is 11.1 Å². The first-order valence-electron chi connectivity index (χ1n) is 16.4. The Hall–Kier alpha value is -6.12. The summed E-state index contributed by atoms with van der Waals surface area (Å²) in [4.78, 5) is 4.64. The molecule has 0 aliphatic rings. The Bertz CT molecular complexity index is 2030. The second kappa shape index (κ2) is 14.1. The maximum Gasteiger partial charge on any atom is 0.0490 e. The first kappa shape index (κ1) is 30.5. The SMILES string of the molecule is Cc1ccccc1N(c1ccc(/C=C/c2ccc(-c3ccc(N(c4ccccc4)c4ccccc4)cc3)cc2)cc1)c1ccccc1C. The molecular weight excluding hydrogens is 581 g/mol. The molecule has 0 aliphatic heterocycles. The average molecular weight is 619 g/mol. The van der Waals surface area contributed by atoms with Crippen molar-refractivity contribution in [1.29, 1.82) is 0 Å². The van der Waals surface area contributed by atoms with Gasteiger partial charge in [0.1, 0.15) is 0 Å². The third kappa shape index (κ3) is 6.70. The van der Waals surface area contributed by atoms with Gasteiger partial charge in [-0.3, -0.25) is 0 Å². The molecule has 2 heteroatoms. The maximum atomic E-state index is 2.35. The molecule has 48 heavy (non-hydrogen) atoms. The summed E-state index contributed by atoms with van der Waals surface area (Å²) in [5, 5.41) is 0. The van der Waals surface area contributed by atoms with E-state index in [0.29, 0.717) is 0 Å². The number of para-hydroxylation sites is 4. The molecular formula is C46H38N2. The predicted molar refractivity (Wildman–Crippen MR) is 206 cm³/mol. The third-order valence-corrected chi connectivity index (χ3v) is 8.73. The van der Waals surface area contributed by atoms with Crippen molar-refractivity contribution in [1.82, 2.24) is 0 Å². The fraction of sp³-hybridized carbons (Fsp3) is 0.0435. The van der Waals surface area contributed by atoms with Crippen molar-refractivity contribution in [2.45, 2.75) is 13.8 Å². The number of hydrogen-bond acceptors (Lipinski definition) is 2. The Balaban J connectivity index is 1.08. The van der Waals surface area contributed by atoms with Crippen molar-refractivity contribution in [3.63, 3.8) is 0 Å². The van der Waals surface area contributed by atoms with E-state index in [9.17, 15) is 0 Å². The lowest BCUT2D eigenvalue weighted by atomic mass is 10.0. The Kier molecular flexibility index (Phi) is 8.97. The molecule has 0 fully saturated rings. The monoisotopic (exact) mass is 618 g/mol. The second-order valence-corrected chi connectivity index (χ2v) is 12.0. The van der Waals surface area contributed by atoms with E-state index >= 15 is 0 Å². The van der Waals surface area contributed by atoms with Gasteiger partial charge in [-0.15, -0.1) is 0 Å². The van der Waals surface area contributed by atoms with Crippen molar-refractivity contribution < 1.29 is 0 Å². The van der Waals surface area contributed by atoms with Crippen LogP contribution in [0.25, 0.3) is 23.3 Å². The van der Waals surface area contributed by atoms with Gasteiger partial charge in [-0.05, 0) is 108 Å². The molecule has 0 spiro atoms. The lowest BCUT2D eigenvalue weighted by molar-refractivity contribution is 1.22. The van der Waals surface area contributed by atoms with Crippen molar-refractivity contribution in [2.75, 3.05) is 9.80 Å². The van der Waals surface area contributed by atoms with Crippen molar-refractivity contribution in [2.24, 2.45) is 0 Å². The molecule has 0 saturated heterocycles. The lowest BCUT2D eigenvalue weighted by Gasteiger charge is -2.28. The van der Waals surface area contributed by atoms with E-state index in [4.69, 9.17) is 0 Å². The zero-order valence-corrected chi connectivity index (χ0v) is 27.4. The number of aryl methyl sites for hydroxylation is 2. The fourth-order valence-electron chi connectivity index (χ4n) is 6.15. The minimum atomic E-state index is 1.13. The van der Waals surface area contributed by atoms with Gasteiger partial charge in [0.2, 0.25) is 0 Å². The van der Waals surface area contributed by atoms with Crippen LogP contribution >= 0.6 is 0 Å². The van der Waals surface area contributed by atoms with Gasteiger partial charge in [-0.2, -0.15) is 0 Å². The Morgan fingerprint density at radius 2 is 0.646 bits per heavy atom. The minimum absolute atomic E-state index is 1.13. The highest BCUT2D eigenvalue weighted by atomic mass is 15.1. The number of benzene rings is 7. The van der Waals surface area contributed by atoms with Crippen LogP contribution in [0.15, 0.2) is 182 Å². The summed E-state index contributed by atoms with van der Waals surface area (Å²) < 4.78 is 0. The van der Waals surface area contributed by atoms with Gasteiger partial charge < -0.3 is 9.80 Å². The zero-order chi connectivity index (χ0) is 32.7. The topological polar surface area (TPSA) is 6.48 Å². The quantitative estimate of drug-likeness (QED) is 0.149. The molecule has 2 nitrogen and oxygen atoms in total. The summed E-state index contributed by atoms with van der Waals surface area (Å²) in [6, 6.07) is 64.5. The van der Waals surface area contributed by atoms with Gasteiger partial charge in [-0.1, -0.05) is 133 Å². The van der Waals surface area contributed by atoms with Gasteiger partial charge in [0.25, 0.3) is 0 Å². The number of nitrogens with zero attached hydrogens (tertiary/aromatic N) is 2. The number of hydrogen-bond donors (Lipinski definition) is 0. The lowest BCUT2D eigenvalue weighted by Crippen LogP contribution is -2.12. The molecule has 0 atom stereocenters. The Morgan fingerprint density at radius 3 is 1.10 bits per heavy atom. The molecule has 7 aromatic carbocycles. The molecule has 0 N–H and O–H groups in total. The van der Waals surface area contributed by atoms with Crippen molar-refractivity contribution >= 4 is 46.3 Å². The molecule has 7 rings (SSSR count). The van der Waals surface area contributed by atoms with Crippen LogP contribution in [-0.2, 0) is 0 Å². The van der Waals surface area contributed by atoms with E-state index in [1.165, 1.54) is 39.2 Å². The van der Waals surface area contributed by atoms with E-state index in [1.807, 2.05) is 0 Å². The van der Waals surface area contributed by atoms with Crippen LogP contribution in [0.5, 0.6) is 0 Å². The molecule has 0 radical (unpaired) electrons. The van der Waals surface area contributed by atoms with Gasteiger partial charge in [0, 0.05) is 34.1 Å². The summed E-state index contributed by atoms with van der Waals surface area (Å²) in [6.45, 7) is 4.34. The van der Waals surface area contributed by atoms with Gasteiger partial charge in [0.15, 0.2) is 0 Å². The molecule has 0 aromatic heterocycles. The molecule has 0 amide bonds. The van der Waals surface area contributed by atoms with E-state index in [1.54, 1.807) is 0 Å². The molecule has 0 saturated carbocycles. The number of rotatable bonds is 9. The van der Waals surface area contributed by atoms with Crippen LogP contribution in [0.4, 0.5) is 34.1 Å². The van der Waals surface area contributed by atoms with Crippen LogP contribution in [-0.4, -0.2) is 0 Å². The van der Waals surface area contributed by atoms with E-state index < -0.39 is 0 Å². The van der Waals surface area contributed by atoms with E-state index in [2.05, 4.69) is 218 Å². The van der Waals surface area contributed by atoms with Crippen molar-refractivity contribution in [3.05, 3.63) is 204 Å². The van der Waals surface area contributed by atoms with E-state index in [0.717, 1.165) is 28.3 Å². The second-order valence-electron chi connectivity index (χ2n) is 12.0. The van der Waals surface area contributed by atoms with Crippen LogP contribution in [0, 0.1) is 13.8 Å². The first-order valence-corrected chi connectivity index (χ1v) is 16.4. The molecule has 0 bridgehead atoms. The summed E-state index contributed by atoms with van der Waals surface area (Å²) in [7, 11) is 0. The largest absolute Gasteiger partial charge is 0.311 e. The van der Waals surface area contributed by atoms with Gasteiger partial charge in [-0.25, -0.2) is 0 Å². The first-order chi connectivity index (χ1) is 23.6. The van der Waals surface area contributed by atoms with Crippen LogP contribution in [0.2, 0.25) is 0 Å². The molecule has 232 valence electrons. The Morgan fingerprint density at radius 1 is 0.312 bits per heavy atom. The highest BCUT2D eigenvalue weighted by molar-refractivity contribution is 5.82. The highest BCUT2D eigenvalue weighted by Crippen LogP contribution is 2.38. The van der Waals surface area contributed by atoms with Gasteiger partial charge in [0.05, 0.1) is 0 Å². The predicted octanol–water partition coefficient (Wildman–Crippen LogP) is 13.1. The summed E-state index contributed by atoms with van der Waals surface area (Å²) >= 11 is 0. The highest BCUT2D eigenvalue weighted by Gasteiger charge is 2.16. The standard InChI is InChI=1S/C46H38N2/c1-35-13-9-11-19-45(35)48(46-20-12-10-14-36(46)2)44-31-25-38(26-32-44)22-21-37-23-27-39(28-24-37)40-29-33-43(34-30-40)47(41-15-5-3-6-16-41)42-17-7-4-8-18-42/h3-34H,1-2H3/b22-21+. The van der Waals surface area contributed by atoms with Gasteiger partial charge >= 0.3 is 0 Å². The Labute approximate surface area is 284 Å². The molecule has 0 heterocycles. The minimum Gasteiger partial charge on any atom is -0.311 e. The maximum absolute atomic E-state index is 2.35. The van der Waals surface area contributed by atoms with Crippen LogP contribution in [0.1, 0.15) is 22.3 Å². The molecule has 0 unspecified atom stereocenters. The summed E-state index contributed by atoms with van der Waals surface area (Å²) in [5.74, 6) is 0. The fourth-order valence-corrected chi connectivity index (χ4v) is 6.15. The zero-order valence-electron chi connectivity index (χ0n) is 27.4. The van der Waals surface area contributed by atoms with Crippen LogP contribution in [0.3, 0.4) is 0 Å². The number of anilines is 6. The smallest absolute Gasteiger partial charge is 0.0490 e. The van der Waals surface area contributed by atoms with Crippen LogP contribution < -0.4 is 9.80 Å². The molecule has 0 aliphatic carbocycles. The summed E-state index contributed by atoms with van der Waals surface area (Å²) in [6.07, 6.45) is 4.36. The molecule has 7 aromatic rings.